The van der Waals surface area contributed by atoms with Crippen LogP contribution in [-0.2, 0) is 0 Å². The zero-order valence-corrected chi connectivity index (χ0v) is 13.9. The van der Waals surface area contributed by atoms with Gasteiger partial charge in [0.25, 0.3) is 5.91 Å². The Balaban J connectivity index is 1.90. The smallest absolute Gasteiger partial charge is 0.290 e. The number of nitrogens with one attached hydrogen (secondary N) is 1. The van der Waals surface area contributed by atoms with E-state index in [1.807, 2.05) is 12.1 Å². The fraction of sp³-hybridized carbons (Fsp3) is 0.444. The molecule has 2 N–H and O–H groups in total. The van der Waals surface area contributed by atoms with Crippen LogP contribution < -0.4 is 10.1 Å². The number of methoxy groups -OCH3 is 1. The van der Waals surface area contributed by atoms with Gasteiger partial charge >= 0.3 is 0 Å². The molecule has 1 amide bonds. The summed E-state index contributed by atoms with van der Waals surface area (Å²) < 4.78 is 10.4. The third-order valence-electron chi connectivity index (χ3n) is 4.41. The van der Waals surface area contributed by atoms with Crippen molar-refractivity contribution in [3.05, 3.63) is 35.6 Å². The topological polar surface area (TPSA) is 84.6 Å². The first-order valence-electron chi connectivity index (χ1n) is 8.23. The summed E-state index contributed by atoms with van der Waals surface area (Å²) in [5, 5.41) is 17.1. The maximum Gasteiger partial charge on any atom is 0.290 e. The molecule has 0 saturated heterocycles. The van der Waals surface area contributed by atoms with Crippen molar-refractivity contribution in [3.8, 4) is 17.0 Å². The number of benzene rings is 1. The van der Waals surface area contributed by atoms with Gasteiger partial charge in [-0.3, -0.25) is 4.79 Å². The van der Waals surface area contributed by atoms with Crippen molar-refractivity contribution in [2.45, 2.75) is 44.8 Å². The van der Waals surface area contributed by atoms with Crippen LogP contribution >= 0.6 is 0 Å². The van der Waals surface area contributed by atoms with Crippen molar-refractivity contribution < 1.29 is 19.2 Å². The number of hydrogen-bond acceptors (Lipinski definition) is 5. The number of aliphatic hydroxyl groups excluding tert-OH is 1. The molecule has 1 unspecified atom stereocenters. The van der Waals surface area contributed by atoms with Crippen LogP contribution in [0.15, 0.2) is 28.8 Å². The highest BCUT2D eigenvalue weighted by Crippen LogP contribution is 2.32. The van der Waals surface area contributed by atoms with E-state index in [0.717, 1.165) is 37.0 Å². The lowest BCUT2D eigenvalue weighted by Gasteiger charge is -2.12. The number of rotatable bonds is 5. The van der Waals surface area contributed by atoms with Gasteiger partial charge in [-0.25, -0.2) is 0 Å². The Morgan fingerprint density at radius 3 is 2.58 bits per heavy atom. The summed E-state index contributed by atoms with van der Waals surface area (Å²) in [6.45, 7) is 1.60. The molecule has 1 heterocycles. The van der Waals surface area contributed by atoms with Crippen LogP contribution in [0.25, 0.3) is 11.3 Å². The summed E-state index contributed by atoms with van der Waals surface area (Å²) in [4.78, 5) is 12.5. The molecule has 6 heteroatoms. The van der Waals surface area contributed by atoms with Crippen LogP contribution in [0.3, 0.4) is 0 Å². The summed E-state index contributed by atoms with van der Waals surface area (Å²) >= 11 is 0. The third-order valence-corrected chi connectivity index (χ3v) is 4.41. The molecule has 1 fully saturated rings. The summed E-state index contributed by atoms with van der Waals surface area (Å²) in [5.41, 5.74) is 1.65. The number of nitrogens with zero attached hydrogens (tertiary/aromatic N) is 1. The predicted molar refractivity (Wildman–Crippen MR) is 88.8 cm³/mol. The van der Waals surface area contributed by atoms with Crippen LogP contribution in [0.4, 0.5) is 0 Å². The van der Waals surface area contributed by atoms with Gasteiger partial charge in [-0.15, -0.1) is 0 Å². The van der Waals surface area contributed by atoms with E-state index in [-0.39, 0.29) is 17.7 Å². The number of aliphatic hydroxyl groups is 1. The van der Waals surface area contributed by atoms with Crippen molar-refractivity contribution >= 4 is 5.91 Å². The van der Waals surface area contributed by atoms with E-state index in [0.29, 0.717) is 11.3 Å². The number of carbonyl (C=O) groups excluding carboxylic acids is 1. The highest BCUT2D eigenvalue weighted by atomic mass is 16.5. The number of carbonyl (C=O) groups is 1. The minimum Gasteiger partial charge on any atom is -0.497 e. The predicted octanol–water partition coefficient (Wildman–Crippen LogP) is 3.08. The lowest BCUT2D eigenvalue weighted by Crippen LogP contribution is -2.33. The zero-order chi connectivity index (χ0) is 17.1. The first-order chi connectivity index (χ1) is 11.6. The Hall–Kier alpha value is -2.34. The molecule has 0 spiro atoms. The van der Waals surface area contributed by atoms with Gasteiger partial charge in [-0.05, 0) is 44.0 Å². The van der Waals surface area contributed by atoms with E-state index in [2.05, 4.69) is 10.5 Å². The fourth-order valence-electron chi connectivity index (χ4n) is 3.13. The van der Waals surface area contributed by atoms with E-state index in [1.54, 1.807) is 26.2 Å². The van der Waals surface area contributed by atoms with Crippen molar-refractivity contribution in [2.75, 3.05) is 7.11 Å². The van der Waals surface area contributed by atoms with Crippen molar-refractivity contribution in [1.82, 2.24) is 10.5 Å². The Morgan fingerprint density at radius 2 is 2.00 bits per heavy atom. The summed E-state index contributed by atoms with van der Waals surface area (Å²) in [7, 11) is 1.60. The summed E-state index contributed by atoms with van der Waals surface area (Å²) in [6, 6.07) is 7.42. The van der Waals surface area contributed by atoms with Gasteiger partial charge in [-0.1, -0.05) is 18.0 Å². The minimum atomic E-state index is -0.863. The largest absolute Gasteiger partial charge is 0.497 e. The van der Waals surface area contributed by atoms with E-state index < -0.39 is 6.10 Å². The Morgan fingerprint density at radius 1 is 1.33 bits per heavy atom. The van der Waals surface area contributed by atoms with Crippen LogP contribution in [0.2, 0.25) is 0 Å². The number of aromatic nitrogens is 1. The van der Waals surface area contributed by atoms with Crippen LogP contribution in [-0.4, -0.2) is 29.3 Å². The fourth-order valence-corrected chi connectivity index (χ4v) is 3.13. The molecule has 0 radical (unpaired) electrons. The van der Waals surface area contributed by atoms with Crippen LogP contribution in [0, 0.1) is 0 Å². The molecule has 1 saturated carbocycles. The van der Waals surface area contributed by atoms with Gasteiger partial charge < -0.3 is 19.7 Å². The Bertz CT molecular complexity index is 700. The molecular weight excluding hydrogens is 308 g/mol. The Kier molecular flexibility index (Phi) is 4.85. The Labute approximate surface area is 140 Å². The van der Waals surface area contributed by atoms with E-state index in [9.17, 15) is 9.90 Å². The van der Waals surface area contributed by atoms with Gasteiger partial charge in [-0.2, -0.15) is 0 Å². The van der Waals surface area contributed by atoms with E-state index in [1.165, 1.54) is 0 Å². The maximum atomic E-state index is 12.5. The maximum absolute atomic E-state index is 12.5. The molecule has 1 aromatic carbocycles. The molecule has 24 heavy (non-hydrogen) atoms. The van der Waals surface area contributed by atoms with Crippen molar-refractivity contribution in [3.63, 3.8) is 0 Å². The molecule has 6 nitrogen and oxygen atoms in total. The first kappa shape index (κ1) is 16.5. The van der Waals surface area contributed by atoms with Gasteiger partial charge in [0.05, 0.1) is 18.8 Å². The normalized spacial score (nSPS) is 16.1. The minimum absolute atomic E-state index is 0.0859. The van der Waals surface area contributed by atoms with E-state index in [4.69, 9.17) is 9.26 Å². The average Bonchev–Trinajstić information content (AvgIpc) is 3.24. The van der Waals surface area contributed by atoms with Gasteiger partial charge in [0.2, 0.25) is 5.76 Å². The lowest BCUT2D eigenvalue weighted by atomic mass is 10.0. The number of amides is 1. The second kappa shape index (κ2) is 7.05. The quantitative estimate of drug-likeness (QED) is 0.880. The monoisotopic (exact) mass is 330 g/mol. The number of ether oxygens (including phenoxy) is 1. The highest BCUT2D eigenvalue weighted by Gasteiger charge is 2.28. The summed E-state index contributed by atoms with van der Waals surface area (Å²) in [6.07, 6.45) is 3.35. The van der Waals surface area contributed by atoms with Crippen molar-refractivity contribution in [2.24, 2.45) is 0 Å². The number of hydrogen-bond donors (Lipinski definition) is 2. The average molecular weight is 330 g/mol. The van der Waals surface area contributed by atoms with Gasteiger partial charge in [0.1, 0.15) is 11.4 Å². The molecule has 0 aliphatic heterocycles. The molecule has 3 rings (SSSR count). The molecule has 128 valence electrons. The second-order valence-electron chi connectivity index (χ2n) is 6.13. The third kappa shape index (κ3) is 3.28. The van der Waals surface area contributed by atoms with Gasteiger partial charge in [0, 0.05) is 11.6 Å². The van der Waals surface area contributed by atoms with Crippen LogP contribution in [0.5, 0.6) is 5.75 Å². The molecular formula is C18H22N2O4. The van der Waals surface area contributed by atoms with E-state index >= 15 is 0 Å². The SMILES string of the molecule is COc1ccc(-c2noc(C(=O)NC3CCCC3)c2C(C)O)cc1. The zero-order valence-electron chi connectivity index (χ0n) is 13.9. The second-order valence-corrected chi connectivity index (χ2v) is 6.13. The van der Waals surface area contributed by atoms with Gasteiger partial charge in [0.15, 0.2) is 0 Å². The molecule has 1 aliphatic carbocycles. The first-order valence-corrected chi connectivity index (χ1v) is 8.23. The lowest BCUT2D eigenvalue weighted by molar-refractivity contribution is 0.0892. The molecule has 1 aliphatic rings. The van der Waals surface area contributed by atoms with Crippen LogP contribution in [0.1, 0.15) is 54.8 Å². The molecule has 0 bridgehead atoms. The molecule has 1 aromatic heterocycles. The molecule has 2 aromatic rings. The standard InChI is InChI=1S/C18H22N2O4/c1-11(21)15-16(12-7-9-14(23-2)10-8-12)20-24-17(15)18(22)19-13-5-3-4-6-13/h7-11,13,21H,3-6H2,1-2H3,(H,19,22). The molecule has 1 atom stereocenters. The summed E-state index contributed by atoms with van der Waals surface area (Å²) in [5.74, 6) is 0.493. The van der Waals surface area contributed by atoms with Crippen molar-refractivity contribution in [1.29, 1.82) is 0 Å². The highest BCUT2D eigenvalue weighted by molar-refractivity contribution is 5.94.